The molecule has 0 aliphatic rings. The molecule has 1 N–H and O–H groups in total. The molecule has 2 aromatic carbocycles. The number of aromatic nitrogens is 3. The van der Waals surface area contributed by atoms with E-state index in [9.17, 15) is 4.79 Å². The number of carbonyl (C=O) groups excluding carboxylic acids is 1. The number of aryl methyl sites for hydroxylation is 2. The largest absolute Gasteiger partial charge is 0.485 e. The van der Waals surface area contributed by atoms with Gasteiger partial charge in [-0.15, -0.1) is 10.2 Å². The highest BCUT2D eigenvalue weighted by Crippen LogP contribution is 2.26. The van der Waals surface area contributed by atoms with Crippen molar-refractivity contribution in [2.45, 2.75) is 25.6 Å². The summed E-state index contributed by atoms with van der Waals surface area (Å²) in [6, 6.07) is 11.3. The van der Waals surface area contributed by atoms with Crippen LogP contribution in [0.2, 0.25) is 5.02 Å². The Morgan fingerprint density at radius 1 is 1.24 bits per heavy atom. The van der Waals surface area contributed by atoms with Gasteiger partial charge in [0.05, 0.1) is 10.8 Å². The molecule has 1 heterocycles. The second kappa shape index (κ2) is 9.65. The molecule has 0 bridgehead atoms. The van der Waals surface area contributed by atoms with Crippen LogP contribution < -0.4 is 10.1 Å². The van der Waals surface area contributed by atoms with Crippen molar-refractivity contribution in [2.75, 3.05) is 11.1 Å². The number of hydrogen-bond acceptors (Lipinski definition) is 5. The molecule has 0 aliphatic carbocycles. The molecule has 0 saturated heterocycles. The van der Waals surface area contributed by atoms with E-state index in [4.69, 9.17) is 16.3 Å². The quantitative estimate of drug-likeness (QED) is 0.459. The molecule has 152 valence electrons. The van der Waals surface area contributed by atoms with Crippen LogP contribution in [0.5, 0.6) is 5.75 Å². The number of halogens is 2. The van der Waals surface area contributed by atoms with Crippen LogP contribution >= 0.6 is 39.3 Å². The molecule has 9 heteroatoms. The first kappa shape index (κ1) is 21.7. The van der Waals surface area contributed by atoms with Crippen LogP contribution in [0.15, 0.2) is 46.0 Å². The number of anilines is 1. The minimum atomic E-state index is -0.148. The second-order valence-corrected chi connectivity index (χ2v) is 8.64. The summed E-state index contributed by atoms with van der Waals surface area (Å²) < 4.78 is 8.56. The molecule has 1 amide bonds. The number of rotatable bonds is 7. The van der Waals surface area contributed by atoms with Gasteiger partial charge in [-0.3, -0.25) is 4.79 Å². The Balaban J connectivity index is 1.56. The van der Waals surface area contributed by atoms with Crippen LogP contribution in [0.4, 0.5) is 5.69 Å². The van der Waals surface area contributed by atoms with E-state index in [1.165, 1.54) is 11.8 Å². The SMILES string of the molecule is Cc1cccc(C)c1OCc1nnc(SCC(=O)Nc2ccc(Br)c(Cl)c2)n1C. The topological polar surface area (TPSA) is 69.0 Å². The van der Waals surface area contributed by atoms with Gasteiger partial charge in [-0.25, -0.2) is 0 Å². The summed E-state index contributed by atoms with van der Waals surface area (Å²) >= 11 is 10.7. The van der Waals surface area contributed by atoms with Gasteiger partial charge in [0.1, 0.15) is 12.4 Å². The molecule has 0 saturated carbocycles. The zero-order valence-corrected chi connectivity index (χ0v) is 19.4. The predicted octanol–water partition coefficient (Wildman–Crippen LogP) is 5.16. The van der Waals surface area contributed by atoms with Crippen LogP contribution in [0, 0.1) is 13.8 Å². The van der Waals surface area contributed by atoms with Crippen LogP contribution in [-0.2, 0) is 18.4 Å². The maximum absolute atomic E-state index is 12.2. The summed E-state index contributed by atoms with van der Waals surface area (Å²) in [5.74, 6) is 1.61. The highest BCUT2D eigenvalue weighted by molar-refractivity contribution is 9.10. The number of nitrogens with one attached hydrogen (secondary N) is 1. The van der Waals surface area contributed by atoms with Crippen LogP contribution in [0.1, 0.15) is 17.0 Å². The van der Waals surface area contributed by atoms with Crippen molar-refractivity contribution in [3.63, 3.8) is 0 Å². The summed E-state index contributed by atoms with van der Waals surface area (Å²) in [5.41, 5.74) is 2.79. The Morgan fingerprint density at radius 3 is 2.66 bits per heavy atom. The van der Waals surface area contributed by atoms with Gasteiger partial charge in [0.25, 0.3) is 0 Å². The lowest BCUT2D eigenvalue weighted by molar-refractivity contribution is -0.113. The molecular formula is C20H20BrClN4O2S. The number of para-hydroxylation sites is 1. The average Bonchev–Trinajstić information content (AvgIpc) is 3.02. The van der Waals surface area contributed by atoms with E-state index in [0.717, 1.165) is 21.3 Å². The van der Waals surface area contributed by atoms with Gasteiger partial charge in [-0.1, -0.05) is 41.6 Å². The first-order valence-electron chi connectivity index (χ1n) is 8.80. The zero-order chi connectivity index (χ0) is 21.0. The maximum Gasteiger partial charge on any atom is 0.234 e. The van der Waals surface area contributed by atoms with E-state index in [1.54, 1.807) is 18.2 Å². The lowest BCUT2D eigenvalue weighted by Gasteiger charge is -2.11. The van der Waals surface area contributed by atoms with Gasteiger partial charge in [0, 0.05) is 17.2 Å². The maximum atomic E-state index is 12.2. The summed E-state index contributed by atoms with van der Waals surface area (Å²) in [4.78, 5) is 12.2. The van der Waals surface area contributed by atoms with Crippen molar-refractivity contribution in [2.24, 2.45) is 7.05 Å². The van der Waals surface area contributed by atoms with E-state index < -0.39 is 0 Å². The Hall–Kier alpha value is -2.03. The number of hydrogen-bond donors (Lipinski definition) is 1. The number of benzene rings is 2. The number of ether oxygens (including phenoxy) is 1. The summed E-state index contributed by atoms with van der Waals surface area (Å²) in [6.07, 6.45) is 0. The lowest BCUT2D eigenvalue weighted by atomic mass is 10.1. The highest BCUT2D eigenvalue weighted by atomic mass is 79.9. The van der Waals surface area contributed by atoms with E-state index in [-0.39, 0.29) is 11.7 Å². The predicted molar refractivity (Wildman–Crippen MR) is 120 cm³/mol. The average molecular weight is 496 g/mol. The van der Waals surface area contributed by atoms with Crippen molar-refractivity contribution in [3.05, 3.63) is 62.8 Å². The van der Waals surface area contributed by atoms with E-state index >= 15 is 0 Å². The molecule has 0 radical (unpaired) electrons. The third kappa shape index (κ3) is 5.52. The summed E-state index contributed by atoms with van der Waals surface area (Å²) in [6.45, 7) is 4.33. The molecule has 29 heavy (non-hydrogen) atoms. The van der Waals surface area contributed by atoms with Gasteiger partial charge in [0.15, 0.2) is 11.0 Å². The van der Waals surface area contributed by atoms with E-state index in [2.05, 4.69) is 31.4 Å². The second-order valence-electron chi connectivity index (χ2n) is 6.43. The van der Waals surface area contributed by atoms with E-state index in [1.807, 2.05) is 43.7 Å². The molecular weight excluding hydrogens is 476 g/mol. The van der Waals surface area contributed by atoms with Crippen LogP contribution in [0.25, 0.3) is 0 Å². The van der Waals surface area contributed by atoms with Crippen LogP contribution in [0.3, 0.4) is 0 Å². The molecule has 0 unspecified atom stereocenters. The molecule has 1 aromatic heterocycles. The van der Waals surface area contributed by atoms with Crippen molar-refractivity contribution in [1.82, 2.24) is 14.8 Å². The monoisotopic (exact) mass is 494 g/mol. The standard InChI is InChI=1S/C20H20BrClN4O2S/c1-12-5-4-6-13(2)19(12)28-10-17-24-25-20(26(17)3)29-11-18(27)23-14-7-8-15(21)16(22)9-14/h4-9H,10-11H2,1-3H3,(H,23,27). The van der Waals surface area contributed by atoms with Crippen molar-refractivity contribution in [1.29, 1.82) is 0 Å². The summed E-state index contributed by atoms with van der Waals surface area (Å²) in [5, 5.41) is 12.4. The van der Waals surface area contributed by atoms with Crippen molar-refractivity contribution < 1.29 is 9.53 Å². The van der Waals surface area contributed by atoms with Gasteiger partial charge < -0.3 is 14.6 Å². The normalized spacial score (nSPS) is 10.8. The lowest BCUT2D eigenvalue weighted by Crippen LogP contribution is -2.14. The molecule has 3 rings (SSSR count). The minimum Gasteiger partial charge on any atom is -0.485 e. The fraction of sp³-hybridized carbons (Fsp3) is 0.250. The molecule has 6 nitrogen and oxygen atoms in total. The first-order chi connectivity index (χ1) is 13.8. The third-order valence-corrected chi connectivity index (χ3v) is 6.47. The first-order valence-corrected chi connectivity index (χ1v) is 11.0. The van der Waals surface area contributed by atoms with Crippen molar-refractivity contribution in [3.8, 4) is 5.75 Å². The van der Waals surface area contributed by atoms with Gasteiger partial charge in [0.2, 0.25) is 5.91 Å². The number of amides is 1. The Morgan fingerprint density at radius 2 is 1.97 bits per heavy atom. The fourth-order valence-corrected chi connectivity index (χ4v) is 3.82. The molecule has 0 fully saturated rings. The van der Waals surface area contributed by atoms with Crippen molar-refractivity contribution >= 4 is 50.9 Å². The Bertz CT molecular complexity index is 1020. The van der Waals surface area contributed by atoms with Gasteiger partial charge in [-0.2, -0.15) is 0 Å². The summed E-state index contributed by atoms with van der Waals surface area (Å²) in [7, 11) is 1.86. The number of nitrogens with zero attached hydrogens (tertiary/aromatic N) is 3. The number of thioether (sulfide) groups is 1. The van der Waals surface area contributed by atoms with Gasteiger partial charge >= 0.3 is 0 Å². The highest BCUT2D eigenvalue weighted by Gasteiger charge is 2.13. The van der Waals surface area contributed by atoms with Gasteiger partial charge in [-0.05, 0) is 59.1 Å². The van der Waals surface area contributed by atoms with Crippen LogP contribution in [-0.4, -0.2) is 26.4 Å². The smallest absolute Gasteiger partial charge is 0.234 e. The zero-order valence-electron chi connectivity index (χ0n) is 16.2. The fourth-order valence-electron chi connectivity index (χ4n) is 2.66. The third-order valence-electron chi connectivity index (χ3n) is 4.22. The molecule has 0 aliphatic heterocycles. The Labute approximate surface area is 187 Å². The van der Waals surface area contributed by atoms with E-state index in [0.29, 0.717) is 28.3 Å². The Kier molecular flexibility index (Phi) is 7.21. The molecule has 3 aromatic rings. The molecule has 0 spiro atoms. The number of carbonyl (C=O) groups is 1. The molecule has 0 atom stereocenters. The minimum absolute atomic E-state index is 0.148.